The summed E-state index contributed by atoms with van der Waals surface area (Å²) in [5.74, 6) is 0.408. The Morgan fingerprint density at radius 3 is 2.79 bits per heavy atom. The highest BCUT2D eigenvalue weighted by Crippen LogP contribution is 2.20. The second kappa shape index (κ2) is 6.55. The van der Waals surface area contributed by atoms with Gasteiger partial charge in [-0.3, -0.25) is 0 Å². The fraction of sp³-hybridized carbons (Fsp3) is 0.200. The van der Waals surface area contributed by atoms with Crippen LogP contribution in [0.2, 0.25) is 5.02 Å². The van der Waals surface area contributed by atoms with Crippen molar-refractivity contribution in [2.24, 2.45) is 5.73 Å². The molecule has 0 heterocycles. The maximum atomic E-state index is 13.1. The standard InChI is InChI=1S/C15H15ClFNO/c16-15-5-4-13(17)9-12(15)10-19-14-3-1-2-11(8-14)6-7-18/h1-5,8-9H,6-7,10,18H2. The molecule has 0 fully saturated rings. The first-order valence-electron chi connectivity index (χ1n) is 6.05. The first kappa shape index (κ1) is 13.8. The summed E-state index contributed by atoms with van der Waals surface area (Å²) in [4.78, 5) is 0. The van der Waals surface area contributed by atoms with Gasteiger partial charge in [-0.25, -0.2) is 4.39 Å². The number of hydrogen-bond donors (Lipinski definition) is 1. The topological polar surface area (TPSA) is 35.2 Å². The van der Waals surface area contributed by atoms with Gasteiger partial charge in [0.05, 0.1) is 0 Å². The molecule has 0 aliphatic carbocycles. The Kier molecular flexibility index (Phi) is 4.77. The molecule has 0 aromatic heterocycles. The fourth-order valence-electron chi connectivity index (χ4n) is 1.77. The van der Waals surface area contributed by atoms with Crippen molar-refractivity contribution in [2.45, 2.75) is 13.0 Å². The van der Waals surface area contributed by atoms with E-state index in [-0.39, 0.29) is 12.4 Å². The summed E-state index contributed by atoms with van der Waals surface area (Å²) in [6.45, 7) is 0.835. The van der Waals surface area contributed by atoms with E-state index >= 15 is 0 Å². The van der Waals surface area contributed by atoms with Gasteiger partial charge in [0, 0.05) is 10.6 Å². The molecule has 2 N–H and O–H groups in total. The third-order valence-electron chi connectivity index (χ3n) is 2.73. The molecule has 0 amide bonds. The Labute approximate surface area is 117 Å². The summed E-state index contributed by atoms with van der Waals surface area (Å²) >= 11 is 5.98. The average molecular weight is 280 g/mol. The van der Waals surface area contributed by atoms with E-state index < -0.39 is 0 Å². The second-order valence-corrected chi connectivity index (χ2v) is 4.62. The largest absolute Gasteiger partial charge is 0.489 e. The molecule has 0 unspecified atom stereocenters. The molecular weight excluding hydrogens is 265 g/mol. The molecule has 0 bridgehead atoms. The van der Waals surface area contributed by atoms with Crippen LogP contribution in [0.25, 0.3) is 0 Å². The normalized spacial score (nSPS) is 10.5. The van der Waals surface area contributed by atoms with Crippen molar-refractivity contribution in [1.82, 2.24) is 0 Å². The quantitative estimate of drug-likeness (QED) is 0.908. The molecule has 100 valence electrons. The van der Waals surface area contributed by atoms with Crippen molar-refractivity contribution in [3.05, 3.63) is 64.4 Å². The van der Waals surface area contributed by atoms with Gasteiger partial charge in [0.1, 0.15) is 18.2 Å². The summed E-state index contributed by atoms with van der Waals surface area (Å²) < 4.78 is 18.7. The van der Waals surface area contributed by atoms with Crippen LogP contribution in [0.15, 0.2) is 42.5 Å². The van der Waals surface area contributed by atoms with Gasteiger partial charge < -0.3 is 10.5 Å². The van der Waals surface area contributed by atoms with Crippen LogP contribution < -0.4 is 10.5 Å². The van der Waals surface area contributed by atoms with Crippen LogP contribution in [0, 0.1) is 5.82 Å². The van der Waals surface area contributed by atoms with Crippen molar-refractivity contribution in [3.63, 3.8) is 0 Å². The SMILES string of the molecule is NCCc1cccc(OCc2cc(F)ccc2Cl)c1. The molecular formula is C15H15ClFNO. The van der Waals surface area contributed by atoms with Crippen molar-refractivity contribution < 1.29 is 9.13 Å². The third kappa shape index (κ3) is 3.94. The van der Waals surface area contributed by atoms with Gasteiger partial charge in [-0.1, -0.05) is 23.7 Å². The fourth-order valence-corrected chi connectivity index (χ4v) is 1.94. The first-order valence-corrected chi connectivity index (χ1v) is 6.42. The zero-order chi connectivity index (χ0) is 13.7. The highest BCUT2D eigenvalue weighted by atomic mass is 35.5. The highest BCUT2D eigenvalue weighted by Gasteiger charge is 2.04. The lowest BCUT2D eigenvalue weighted by molar-refractivity contribution is 0.305. The number of hydrogen-bond acceptors (Lipinski definition) is 2. The predicted molar refractivity (Wildman–Crippen MR) is 74.9 cm³/mol. The van der Waals surface area contributed by atoms with E-state index in [4.69, 9.17) is 22.1 Å². The Morgan fingerprint density at radius 2 is 2.00 bits per heavy atom. The molecule has 19 heavy (non-hydrogen) atoms. The third-order valence-corrected chi connectivity index (χ3v) is 3.10. The zero-order valence-electron chi connectivity index (χ0n) is 10.4. The monoisotopic (exact) mass is 279 g/mol. The maximum Gasteiger partial charge on any atom is 0.123 e. The van der Waals surface area contributed by atoms with Gasteiger partial charge in [-0.05, 0) is 48.9 Å². The minimum atomic E-state index is -0.320. The Morgan fingerprint density at radius 1 is 1.16 bits per heavy atom. The van der Waals surface area contributed by atoms with Crippen molar-refractivity contribution in [3.8, 4) is 5.75 Å². The summed E-state index contributed by atoms with van der Waals surface area (Å²) in [7, 11) is 0. The summed E-state index contributed by atoms with van der Waals surface area (Å²) in [5, 5.41) is 0.500. The minimum absolute atomic E-state index is 0.239. The summed E-state index contributed by atoms with van der Waals surface area (Å²) in [5.41, 5.74) is 7.26. The highest BCUT2D eigenvalue weighted by molar-refractivity contribution is 6.31. The molecule has 4 heteroatoms. The van der Waals surface area contributed by atoms with Crippen molar-refractivity contribution >= 4 is 11.6 Å². The maximum absolute atomic E-state index is 13.1. The van der Waals surface area contributed by atoms with E-state index in [9.17, 15) is 4.39 Å². The average Bonchev–Trinajstić information content (AvgIpc) is 2.41. The molecule has 0 radical (unpaired) electrons. The zero-order valence-corrected chi connectivity index (χ0v) is 11.2. The lowest BCUT2D eigenvalue weighted by atomic mass is 10.1. The number of ether oxygens (including phenoxy) is 1. The van der Waals surface area contributed by atoms with Crippen molar-refractivity contribution in [2.75, 3.05) is 6.54 Å². The second-order valence-electron chi connectivity index (χ2n) is 4.21. The predicted octanol–water partition coefficient (Wildman–Crippen LogP) is 3.56. The molecule has 0 atom stereocenters. The molecule has 2 nitrogen and oxygen atoms in total. The minimum Gasteiger partial charge on any atom is -0.489 e. The van der Waals surface area contributed by atoms with E-state index in [1.807, 2.05) is 24.3 Å². The van der Waals surface area contributed by atoms with Crippen LogP contribution in [0.3, 0.4) is 0 Å². The Balaban J connectivity index is 2.05. The summed E-state index contributed by atoms with van der Waals surface area (Å²) in [6.07, 6.45) is 0.803. The van der Waals surface area contributed by atoms with Crippen LogP contribution in [0.1, 0.15) is 11.1 Å². The number of halogens is 2. The van der Waals surface area contributed by atoms with E-state index in [2.05, 4.69) is 0 Å². The van der Waals surface area contributed by atoms with Crippen LogP contribution in [-0.4, -0.2) is 6.54 Å². The van der Waals surface area contributed by atoms with Crippen LogP contribution in [-0.2, 0) is 13.0 Å². The van der Waals surface area contributed by atoms with E-state index in [1.165, 1.54) is 18.2 Å². The van der Waals surface area contributed by atoms with Gasteiger partial charge >= 0.3 is 0 Å². The van der Waals surface area contributed by atoms with Gasteiger partial charge in [-0.15, -0.1) is 0 Å². The Hall–Kier alpha value is -1.58. The summed E-state index contributed by atoms with van der Waals surface area (Å²) in [6, 6.07) is 11.9. The number of rotatable bonds is 5. The van der Waals surface area contributed by atoms with E-state index in [1.54, 1.807) is 0 Å². The molecule has 2 aromatic carbocycles. The number of benzene rings is 2. The van der Waals surface area contributed by atoms with Gasteiger partial charge in [0.15, 0.2) is 0 Å². The first-order chi connectivity index (χ1) is 9.19. The smallest absolute Gasteiger partial charge is 0.123 e. The van der Waals surface area contributed by atoms with Gasteiger partial charge in [-0.2, -0.15) is 0 Å². The van der Waals surface area contributed by atoms with Gasteiger partial charge in [0.25, 0.3) is 0 Å². The molecule has 2 aromatic rings. The lowest BCUT2D eigenvalue weighted by Gasteiger charge is -2.09. The Bertz CT molecular complexity index is 560. The molecule has 0 spiro atoms. The van der Waals surface area contributed by atoms with Crippen LogP contribution in [0.5, 0.6) is 5.75 Å². The van der Waals surface area contributed by atoms with E-state index in [0.717, 1.165) is 17.7 Å². The molecule has 2 rings (SSSR count). The van der Waals surface area contributed by atoms with E-state index in [0.29, 0.717) is 17.1 Å². The molecule has 0 aliphatic rings. The lowest BCUT2D eigenvalue weighted by Crippen LogP contribution is -2.03. The molecule has 0 aliphatic heterocycles. The molecule has 0 saturated heterocycles. The molecule has 0 saturated carbocycles. The number of nitrogens with two attached hydrogens (primary N) is 1. The van der Waals surface area contributed by atoms with Crippen LogP contribution in [0.4, 0.5) is 4.39 Å². The van der Waals surface area contributed by atoms with Gasteiger partial charge in [0.2, 0.25) is 0 Å². The van der Waals surface area contributed by atoms with Crippen molar-refractivity contribution in [1.29, 1.82) is 0 Å². The van der Waals surface area contributed by atoms with Crippen LogP contribution >= 0.6 is 11.6 Å².